The highest BCUT2D eigenvalue weighted by Crippen LogP contribution is 2.22. The van der Waals surface area contributed by atoms with E-state index in [-0.39, 0.29) is 11.9 Å². The third-order valence-corrected chi connectivity index (χ3v) is 3.62. The number of carbonyl (C=O) groups is 1. The summed E-state index contributed by atoms with van der Waals surface area (Å²) >= 11 is 0. The molecule has 0 aliphatic carbocycles. The second-order valence-corrected chi connectivity index (χ2v) is 5.43. The fraction of sp³-hybridized carbons (Fsp3) is 0.667. The maximum absolute atomic E-state index is 11.2. The zero-order valence-electron chi connectivity index (χ0n) is 13.1. The lowest BCUT2D eigenvalue weighted by molar-refractivity contribution is -0.122. The van der Waals surface area contributed by atoms with Crippen LogP contribution in [0.3, 0.4) is 0 Å². The maximum atomic E-state index is 11.2. The first kappa shape index (κ1) is 15.5. The Kier molecular flexibility index (Phi) is 5.36. The van der Waals surface area contributed by atoms with Gasteiger partial charge in [-0.15, -0.1) is 0 Å². The second kappa shape index (κ2) is 7.24. The molecule has 1 amide bonds. The minimum absolute atomic E-state index is 0.132. The summed E-state index contributed by atoms with van der Waals surface area (Å²) in [7, 11) is 0. The van der Waals surface area contributed by atoms with E-state index < -0.39 is 0 Å². The average Bonchev–Trinajstić information content (AvgIpc) is 2.47. The SMILES string of the molecule is CCCc1nc(NCC)c(C)c(NC2CCC(=O)NC2)n1. The van der Waals surface area contributed by atoms with Crippen molar-refractivity contribution in [3.8, 4) is 0 Å². The molecule has 2 rings (SSSR count). The number of piperidine rings is 1. The van der Waals surface area contributed by atoms with Crippen molar-refractivity contribution in [3.05, 3.63) is 11.4 Å². The number of anilines is 2. The first-order valence-corrected chi connectivity index (χ1v) is 7.78. The van der Waals surface area contributed by atoms with E-state index in [1.54, 1.807) is 0 Å². The van der Waals surface area contributed by atoms with Crippen LogP contribution in [0.25, 0.3) is 0 Å². The number of hydrogen-bond donors (Lipinski definition) is 3. The molecule has 1 atom stereocenters. The molecule has 0 aromatic carbocycles. The van der Waals surface area contributed by atoms with Gasteiger partial charge in [0.2, 0.25) is 5.91 Å². The van der Waals surface area contributed by atoms with Gasteiger partial charge in [0.15, 0.2) is 0 Å². The highest BCUT2D eigenvalue weighted by molar-refractivity contribution is 5.77. The van der Waals surface area contributed by atoms with Gasteiger partial charge in [-0.3, -0.25) is 4.79 Å². The predicted molar refractivity (Wildman–Crippen MR) is 84.6 cm³/mol. The maximum Gasteiger partial charge on any atom is 0.220 e. The molecule has 0 radical (unpaired) electrons. The topological polar surface area (TPSA) is 78.9 Å². The van der Waals surface area contributed by atoms with Crippen molar-refractivity contribution >= 4 is 17.5 Å². The number of carbonyl (C=O) groups excluding carboxylic acids is 1. The molecule has 6 heteroatoms. The van der Waals surface area contributed by atoms with Crippen LogP contribution in [0.5, 0.6) is 0 Å². The monoisotopic (exact) mass is 291 g/mol. The van der Waals surface area contributed by atoms with Crippen LogP contribution in [0, 0.1) is 6.92 Å². The summed E-state index contributed by atoms with van der Waals surface area (Å²) in [5, 5.41) is 9.65. The smallest absolute Gasteiger partial charge is 0.220 e. The number of rotatable bonds is 6. The third kappa shape index (κ3) is 4.06. The fourth-order valence-corrected chi connectivity index (χ4v) is 2.43. The summed E-state index contributed by atoms with van der Waals surface area (Å²) in [5.41, 5.74) is 1.04. The summed E-state index contributed by atoms with van der Waals surface area (Å²) in [6.45, 7) is 7.70. The van der Waals surface area contributed by atoms with Crippen LogP contribution in [-0.2, 0) is 11.2 Å². The highest BCUT2D eigenvalue weighted by Gasteiger charge is 2.20. The average molecular weight is 291 g/mol. The molecule has 0 bridgehead atoms. The van der Waals surface area contributed by atoms with Crippen molar-refractivity contribution in [2.45, 2.75) is 52.5 Å². The van der Waals surface area contributed by atoms with Gasteiger partial charge in [0, 0.05) is 37.5 Å². The number of amides is 1. The van der Waals surface area contributed by atoms with Crippen molar-refractivity contribution in [3.63, 3.8) is 0 Å². The van der Waals surface area contributed by atoms with E-state index in [2.05, 4.69) is 39.8 Å². The fourth-order valence-electron chi connectivity index (χ4n) is 2.43. The van der Waals surface area contributed by atoms with Gasteiger partial charge in [0.05, 0.1) is 0 Å². The lowest BCUT2D eigenvalue weighted by Gasteiger charge is -2.25. The van der Waals surface area contributed by atoms with Gasteiger partial charge in [-0.2, -0.15) is 0 Å². The molecule has 1 aromatic rings. The van der Waals surface area contributed by atoms with Crippen molar-refractivity contribution in [2.24, 2.45) is 0 Å². The Balaban J connectivity index is 2.17. The standard InChI is InChI=1S/C15H25N5O/c1-4-6-12-19-14(16-5-2)10(3)15(20-12)18-11-7-8-13(21)17-9-11/h11H,4-9H2,1-3H3,(H,17,21)(H2,16,18,19,20). The zero-order chi connectivity index (χ0) is 15.2. The van der Waals surface area contributed by atoms with Crippen molar-refractivity contribution in [1.29, 1.82) is 0 Å². The molecule has 1 aliphatic rings. The first-order chi connectivity index (χ1) is 10.1. The van der Waals surface area contributed by atoms with Crippen molar-refractivity contribution < 1.29 is 4.79 Å². The minimum atomic E-state index is 0.132. The van der Waals surface area contributed by atoms with Crippen LogP contribution in [0.15, 0.2) is 0 Å². The molecule has 0 saturated carbocycles. The molecule has 1 fully saturated rings. The molecule has 1 aliphatic heterocycles. The Labute approximate surface area is 126 Å². The Bertz CT molecular complexity index is 493. The Hall–Kier alpha value is -1.85. The molecular formula is C15H25N5O. The lowest BCUT2D eigenvalue weighted by atomic mass is 10.1. The number of nitrogens with zero attached hydrogens (tertiary/aromatic N) is 2. The van der Waals surface area contributed by atoms with Crippen molar-refractivity contribution in [1.82, 2.24) is 15.3 Å². The van der Waals surface area contributed by atoms with E-state index in [1.807, 2.05) is 6.92 Å². The lowest BCUT2D eigenvalue weighted by Crippen LogP contribution is -2.42. The molecule has 1 aromatic heterocycles. The molecule has 1 saturated heterocycles. The number of hydrogen-bond acceptors (Lipinski definition) is 5. The number of aromatic nitrogens is 2. The van der Waals surface area contributed by atoms with Gasteiger partial charge >= 0.3 is 0 Å². The Morgan fingerprint density at radius 1 is 1.29 bits per heavy atom. The Morgan fingerprint density at radius 2 is 2.05 bits per heavy atom. The van der Waals surface area contributed by atoms with Crippen LogP contribution in [0.2, 0.25) is 0 Å². The summed E-state index contributed by atoms with van der Waals surface area (Å²) in [6.07, 6.45) is 3.31. The Morgan fingerprint density at radius 3 is 2.67 bits per heavy atom. The van der Waals surface area contributed by atoms with Crippen LogP contribution in [0.1, 0.15) is 44.5 Å². The largest absolute Gasteiger partial charge is 0.370 e. The van der Waals surface area contributed by atoms with Crippen LogP contribution < -0.4 is 16.0 Å². The molecule has 116 valence electrons. The van der Waals surface area contributed by atoms with Gasteiger partial charge < -0.3 is 16.0 Å². The summed E-state index contributed by atoms with van der Waals surface area (Å²) < 4.78 is 0. The molecule has 21 heavy (non-hydrogen) atoms. The minimum Gasteiger partial charge on any atom is -0.370 e. The van der Waals surface area contributed by atoms with E-state index >= 15 is 0 Å². The van der Waals surface area contributed by atoms with E-state index in [1.165, 1.54) is 0 Å². The molecule has 0 spiro atoms. The second-order valence-electron chi connectivity index (χ2n) is 5.43. The van der Waals surface area contributed by atoms with Gasteiger partial charge in [0.25, 0.3) is 0 Å². The quantitative estimate of drug-likeness (QED) is 0.745. The summed E-state index contributed by atoms with van der Waals surface area (Å²) in [6, 6.07) is 0.236. The van der Waals surface area contributed by atoms with Crippen LogP contribution in [-0.4, -0.2) is 35.0 Å². The predicted octanol–water partition coefficient (Wildman–Crippen LogP) is 1.86. The van der Waals surface area contributed by atoms with Gasteiger partial charge in [-0.1, -0.05) is 6.92 Å². The van der Waals surface area contributed by atoms with Crippen LogP contribution in [0.4, 0.5) is 11.6 Å². The molecular weight excluding hydrogens is 266 g/mol. The van der Waals surface area contributed by atoms with E-state index in [9.17, 15) is 4.79 Å². The highest BCUT2D eigenvalue weighted by atomic mass is 16.1. The normalized spacial score (nSPS) is 18.2. The third-order valence-electron chi connectivity index (χ3n) is 3.62. The number of nitrogens with one attached hydrogen (secondary N) is 3. The summed E-state index contributed by atoms with van der Waals surface area (Å²) in [5.74, 6) is 2.78. The first-order valence-electron chi connectivity index (χ1n) is 7.78. The summed E-state index contributed by atoms with van der Waals surface area (Å²) in [4.78, 5) is 20.5. The molecule has 3 N–H and O–H groups in total. The van der Waals surface area contributed by atoms with E-state index in [0.717, 1.165) is 48.8 Å². The van der Waals surface area contributed by atoms with Gasteiger partial charge in [0.1, 0.15) is 17.5 Å². The molecule has 1 unspecified atom stereocenters. The number of aryl methyl sites for hydroxylation is 1. The molecule has 2 heterocycles. The van der Waals surface area contributed by atoms with Gasteiger partial charge in [-0.25, -0.2) is 9.97 Å². The zero-order valence-corrected chi connectivity index (χ0v) is 13.1. The molecule has 6 nitrogen and oxygen atoms in total. The van der Waals surface area contributed by atoms with Gasteiger partial charge in [-0.05, 0) is 26.7 Å². The van der Waals surface area contributed by atoms with Crippen molar-refractivity contribution in [2.75, 3.05) is 23.7 Å². The van der Waals surface area contributed by atoms with E-state index in [4.69, 9.17) is 0 Å². The van der Waals surface area contributed by atoms with Crippen LogP contribution >= 0.6 is 0 Å². The van der Waals surface area contributed by atoms with E-state index in [0.29, 0.717) is 13.0 Å².